The van der Waals surface area contributed by atoms with E-state index in [1.54, 1.807) is 0 Å². The number of halogens is 2. The van der Waals surface area contributed by atoms with Crippen LogP contribution in [0.4, 0.5) is 11.4 Å². The minimum Gasteiger partial charge on any atom is -0.381 e. The highest BCUT2D eigenvalue weighted by atomic mass is 35.5. The molecule has 160 valence electrons. The summed E-state index contributed by atoms with van der Waals surface area (Å²) in [5.74, 6) is 0.193. The summed E-state index contributed by atoms with van der Waals surface area (Å²) in [4.78, 5) is 0. The van der Waals surface area contributed by atoms with Crippen LogP contribution in [0, 0.1) is 0 Å². The summed E-state index contributed by atoms with van der Waals surface area (Å²) in [5.41, 5.74) is 5.93. The van der Waals surface area contributed by atoms with Crippen molar-refractivity contribution in [2.24, 2.45) is 0 Å². The fraction of sp³-hybridized carbons (Fsp3) is 0.143. The molecule has 2 N–H and O–H groups in total. The Bertz CT molecular complexity index is 1180. The molecule has 0 saturated heterocycles. The second-order valence-corrected chi connectivity index (χ2v) is 9.11. The predicted octanol–water partition coefficient (Wildman–Crippen LogP) is 7.97. The molecule has 3 atom stereocenters. The maximum absolute atomic E-state index is 6.45. The molecule has 0 aliphatic carbocycles. The van der Waals surface area contributed by atoms with Crippen LogP contribution in [0.25, 0.3) is 0 Å². The van der Waals surface area contributed by atoms with Gasteiger partial charge in [-0.15, -0.1) is 0 Å². The first-order chi connectivity index (χ1) is 15.7. The lowest BCUT2D eigenvalue weighted by Gasteiger charge is -2.42. The maximum atomic E-state index is 6.45. The SMILES string of the molecule is Clc1ccc(N[C@@H]2c3cc(Cl)ccc3N[C@H](Cc3ccccc3)[C@H]2c2ccccc2)cc1. The molecule has 0 aromatic heterocycles. The highest BCUT2D eigenvalue weighted by molar-refractivity contribution is 6.31. The molecule has 2 nitrogen and oxygen atoms in total. The fourth-order valence-corrected chi connectivity index (χ4v) is 4.98. The molecule has 0 saturated carbocycles. The van der Waals surface area contributed by atoms with Crippen LogP contribution in [0.2, 0.25) is 10.0 Å². The van der Waals surface area contributed by atoms with Crippen LogP contribution in [0.15, 0.2) is 103 Å². The summed E-state index contributed by atoms with van der Waals surface area (Å²) in [6, 6.07) is 35.7. The Morgan fingerprint density at radius 2 is 1.38 bits per heavy atom. The lowest BCUT2D eigenvalue weighted by Crippen LogP contribution is -2.40. The van der Waals surface area contributed by atoms with Gasteiger partial charge in [0.05, 0.1) is 6.04 Å². The molecule has 4 aromatic carbocycles. The van der Waals surface area contributed by atoms with E-state index in [2.05, 4.69) is 83.4 Å². The summed E-state index contributed by atoms with van der Waals surface area (Å²) < 4.78 is 0. The molecule has 5 rings (SSSR count). The van der Waals surface area contributed by atoms with E-state index < -0.39 is 0 Å². The van der Waals surface area contributed by atoms with E-state index in [4.69, 9.17) is 23.2 Å². The zero-order valence-corrected chi connectivity index (χ0v) is 19.0. The summed E-state index contributed by atoms with van der Waals surface area (Å²) in [6.07, 6.45) is 0.918. The monoisotopic (exact) mass is 458 g/mol. The zero-order chi connectivity index (χ0) is 21.9. The molecule has 0 spiro atoms. The van der Waals surface area contributed by atoms with Crippen molar-refractivity contribution in [2.45, 2.75) is 24.4 Å². The van der Waals surface area contributed by atoms with Gasteiger partial charge in [-0.3, -0.25) is 0 Å². The third-order valence-electron chi connectivity index (χ3n) is 6.13. The van der Waals surface area contributed by atoms with Gasteiger partial charge in [0.15, 0.2) is 0 Å². The first-order valence-electron chi connectivity index (χ1n) is 10.8. The van der Waals surface area contributed by atoms with Crippen molar-refractivity contribution >= 4 is 34.6 Å². The summed E-state index contributed by atoms with van der Waals surface area (Å²) in [7, 11) is 0. The lowest BCUT2D eigenvalue weighted by molar-refractivity contribution is 0.480. The Morgan fingerprint density at radius 1 is 0.719 bits per heavy atom. The van der Waals surface area contributed by atoms with Crippen LogP contribution in [0.5, 0.6) is 0 Å². The Labute approximate surface area is 199 Å². The normalized spacial score (nSPS) is 19.6. The Hall–Kier alpha value is -2.94. The molecule has 1 aliphatic heterocycles. The lowest BCUT2D eigenvalue weighted by atomic mass is 9.76. The predicted molar refractivity (Wildman–Crippen MR) is 136 cm³/mol. The summed E-state index contributed by atoms with van der Waals surface area (Å²) >= 11 is 12.6. The first-order valence-corrected chi connectivity index (χ1v) is 11.6. The topological polar surface area (TPSA) is 24.1 Å². The minimum absolute atomic E-state index is 0.0437. The second-order valence-electron chi connectivity index (χ2n) is 8.24. The van der Waals surface area contributed by atoms with Gasteiger partial charge >= 0.3 is 0 Å². The smallest absolute Gasteiger partial charge is 0.0623 e. The fourth-order valence-electron chi connectivity index (χ4n) is 4.68. The number of hydrogen-bond donors (Lipinski definition) is 2. The molecular formula is C28H24Cl2N2. The van der Waals surface area contributed by atoms with Crippen molar-refractivity contribution in [3.8, 4) is 0 Å². The second kappa shape index (κ2) is 9.28. The van der Waals surface area contributed by atoms with Crippen molar-refractivity contribution in [1.82, 2.24) is 0 Å². The van der Waals surface area contributed by atoms with E-state index in [1.807, 2.05) is 30.3 Å². The zero-order valence-electron chi connectivity index (χ0n) is 17.5. The highest BCUT2D eigenvalue weighted by Crippen LogP contribution is 2.46. The Morgan fingerprint density at radius 3 is 2.09 bits per heavy atom. The number of hydrogen-bond acceptors (Lipinski definition) is 2. The number of fused-ring (bicyclic) bond motifs is 1. The van der Waals surface area contributed by atoms with Gasteiger partial charge in [-0.05, 0) is 65.6 Å². The van der Waals surface area contributed by atoms with Gasteiger partial charge in [0.1, 0.15) is 0 Å². The average Bonchev–Trinajstić information content (AvgIpc) is 2.82. The molecule has 1 aliphatic rings. The third-order valence-corrected chi connectivity index (χ3v) is 6.62. The van der Waals surface area contributed by atoms with E-state index in [9.17, 15) is 0 Å². The van der Waals surface area contributed by atoms with Gasteiger partial charge in [0, 0.05) is 33.4 Å². The maximum Gasteiger partial charge on any atom is 0.0623 e. The summed E-state index contributed by atoms with van der Waals surface area (Å²) in [5, 5.41) is 9.09. The van der Waals surface area contributed by atoms with Crippen molar-refractivity contribution in [1.29, 1.82) is 0 Å². The van der Waals surface area contributed by atoms with Gasteiger partial charge in [0.25, 0.3) is 0 Å². The highest BCUT2D eigenvalue weighted by Gasteiger charge is 2.38. The van der Waals surface area contributed by atoms with E-state index in [1.165, 1.54) is 16.7 Å². The van der Waals surface area contributed by atoms with Gasteiger partial charge in [-0.2, -0.15) is 0 Å². The number of rotatable bonds is 5. The van der Waals surface area contributed by atoms with Crippen LogP contribution in [0.1, 0.15) is 28.7 Å². The molecule has 0 fully saturated rings. The molecule has 4 heteroatoms. The molecule has 32 heavy (non-hydrogen) atoms. The van der Waals surface area contributed by atoms with Gasteiger partial charge in [0.2, 0.25) is 0 Å². The van der Waals surface area contributed by atoms with E-state index in [0.717, 1.165) is 27.8 Å². The molecule has 0 radical (unpaired) electrons. The third kappa shape index (κ3) is 4.48. The standard InChI is InChI=1S/C28H24Cl2N2/c29-21-11-14-23(15-12-21)31-28-24-18-22(30)13-16-25(24)32-26(17-19-7-3-1-4-8-19)27(28)20-9-5-2-6-10-20/h1-16,18,26-28,31-32H,17H2/t26-,27-,28-/m1/s1. The molecule has 1 heterocycles. The van der Waals surface area contributed by atoms with Crippen LogP contribution >= 0.6 is 23.2 Å². The van der Waals surface area contributed by atoms with Gasteiger partial charge in [-0.1, -0.05) is 83.9 Å². The van der Waals surface area contributed by atoms with Crippen LogP contribution < -0.4 is 10.6 Å². The van der Waals surface area contributed by atoms with E-state index in [-0.39, 0.29) is 18.0 Å². The van der Waals surface area contributed by atoms with E-state index in [0.29, 0.717) is 0 Å². The number of nitrogens with one attached hydrogen (secondary N) is 2. The first kappa shape index (κ1) is 20.9. The van der Waals surface area contributed by atoms with Crippen molar-refractivity contribution in [3.05, 3.63) is 130 Å². The quantitative estimate of drug-likeness (QED) is 0.316. The largest absolute Gasteiger partial charge is 0.381 e. The van der Waals surface area contributed by atoms with Crippen molar-refractivity contribution in [2.75, 3.05) is 10.6 Å². The van der Waals surface area contributed by atoms with Crippen LogP contribution in [-0.4, -0.2) is 6.04 Å². The van der Waals surface area contributed by atoms with E-state index >= 15 is 0 Å². The molecular weight excluding hydrogens is 435 g/mol. The number of benzene rings is 4. The molecule has 0 unspecified atom stereocenters. The minimum atomic E-state index is 0.0437. The van der Waals surface area contributed by atoms with Crippen LogP contribution in [-0.2, 0) is 6.42 Å². The number of anilines is 2. The van der Waals surface area contributed by atoms with Gasteiger partial charge in [-0.25, -0.2) is 0 Å². The van der Waals surface area contributed by atoms with Crippen molar-refractivity contribution in [3.63, 3.8) is 0 Å². The summed E-state index contributed by atoms with van der Waals surface area (Å²) in [6.45, 7) is 0. The molecule has 0 bridgehead atoms. The van der Waals surface area contributed by atoms with Crippen LogP contribution in [0.3, 0.4) is 0 Å². The average molecular weight is 459 g/mol. The van der Waals surface area contributed by atoms with Gasteiger partial charge < -0.3 is 10.6 Å². The Kier molecular flexibility index (Phi) is 6.07. The van der Waals surface area contributed by atoms with Crippen molar-refractivity contribution < 1.29 is 0 Å². The Balaban J connectivity index is 1.61. The molecule has 0 amide bonds. The molecule has 4 aromatic rings.